The number of carbonyl (C=O) groups excluding carboxylic acids is 1. The highest BCUT2D eigenvalue weighted by Crippen LogP contribution is 2.48. The number of allylic oxidation sites excluding steroid dienone is 2. The minimum Gasteiger partial charge on any atom is -0.459 e. The normalized spacial score (nSPS) is 24.5. The quantitative estimate of drug-likeness (QED) is 0.343. The maximum Gasteiger partial charge on any atom is 0.337 e. The van der Waals surface area contributed by atoms with E-state index in [-0.39, 0.29) is 23.9 Å². The zero-order valence-electron chi connectivity index (χ0n) is 22.6. The number of aliphatic hydroxyl groups excluding tert-OH is 1. The molecule has 0 radical (unpaired) electrons. The van der Waals surface area contributed by atoms with Gasteiger partial charge in [0, 0.05) is 23.0 Å². The van der Waals surface area contributed by atoms with E-state index in [0.29, 0.717) is 17.7 Å². The van der Waals surface area contributed by atoms with Crippen molar-refractivity contribution >= 4 is 11.7 Å². The van der Waals surface area contributed by atoms with Gasteiger partial charge in [0.2, 0.25) is 0 Å². The van der Waals surface area contributed by atoms with Crippen LogP contribution >= 0.6 is 0 Å². The molecule has 1 fully saturated rings. The van der Waals surface area contributed by atoms with Gasteiger partial charge in [-0.3, -0.25) is 0 Å². The molecule has 5 nitrogen and oxygen atoms in total. The number of nitrogen functional groups attached to an aromatic ring is 1. The molecule has 3 aliphatic rings. The smallest absolute Gasteiger partial charge is 0.337 e. The van der Waals surface area contributed by atoms with Gasteiger partial charge >= 0.3 is 5.97 Å². The average Bonchev–Trinajstić information content (AvgIpc) is 2.83. The van der Waals surface area contributed by atoms with Crippen molar-refractivity contribution in [1.29, 1.82) is 0 Å². The number of hydrogen-bond acceptors (Lipinski definition) is 5. The Labute approximate surface area is 220 Å². The van der Waals surface area contributed by atoms with Crippen molar-refractivity contribution in [3.05, 3.63) is 86.8 Å². The number of hydrogen-bond donors (Lipinski definition) is 3. The van der Waals surface area contributed by atoms with Crippen molar-refractivity contribution in [2.45, 2.75) is 96.7 Å². The number of carbonyl (C=O) groups is 1. The van der Waals surface area contributed by atoms with Gasteiger partial charge in [-0.05, 0) is 112 Å². The third kappa shape index (κ3) is 5.06. The van der Waals surface area contributed by atoms with Gasteiger partial charge in [0.05, 0.1) is 11.7 Å². The first-order valence-electron chi connectivity index (χ1n) is 13.8. The largest absolute Gasteiger partial charge is 0.459 e. The number of aryl methyl sites for hydroxylation is 3. The Morgan fingerprint density at radius 1 is 1.03 bits per heavy atom. The molecule has 196 valence electrons. The summed E-state index contributed by atoms with van der Waals surface area (Å²) in [6.07, 6.45) is 5.92. The maximum absolute atomic E-state index is 13.7. The van der Waals surface area contributed by atoms with Crippen LogP contribution in [0.3, 0.4) is 0 Å². The Hall–Kier alpha value is -3.05. The van der Waals surface area contributed by atoms with Crippen LogP contribution in [0.25, 0.3) is 0 Å². The topological polar surface area (TPSA) is 84.6 Å². The van der Waals surface area contributed by atoms with E-state index >= 15 is 0 Å². The fourth-order valence-corrected chi connectivity index (χ4v) is 7.01. The zero-order valence-corrected chi connectivity index (χ0v) is 22.6. The molecule has 1 heterocycles. The van der Waals surface area contributed by atoms with Crippen molar-refractivity contribution < 1.29 is 14.6 Å². The zero-order chi connectivity index (χ0) is 26.3. The molecule has 1 aliphatic heterocycles. The lowest BCUT2D eigenvalue weighted by Gasteiger charge is -2.41. The molecule has 3 unspecified atom stereocenters. The van der Waals surface area contributed by atoms with Crippen LogP contribution in [-0.2, 0) is 9.53 Å². The first-order valence-corrected chi connectivity index (χ1v) is 13.8. The van der Waals surface area contributed by atoms with E-state index in [1.54, 1.807) is 0 Å². The first kappa shape index (κ1) is 25.6. The number of esters is 1. The predicted molar refractivity (Wildman–Crippen MR) is 148 cm³/mol. The molecule has 37 heavy (non-hydrogen) atoms. The van der Waals surface area contributed by atoms with E-state index in [0.717, 1.165) is 54.6 Å². The van der Waals surface area contributed by atoms with Crippen molar-refractivity contribution in [2.24, 2.45) is 0 Å². The second-order valence-corrected chi connectivity index (χ2v) is 11.3. The SMILES string of the molecule is CC1=C(C(=O)OC2CCCCC2)C(c2cccc(N)c2)C2=C(CC(c3c(C)cc(C)cc3C)CC2O)N1. The summed E-state index contributed by atoms with van der Waals surface area (Å²) in [7, 11) is 0. The van der Waals surface area contributed by atoms with Crippen molar-refractivity contribution in [2.75, 3.05) is 5.73 Å². The first-order chi connectivity index (χ1) is 17.7. The van der Waals surface area contributed by atoms with Gasteiger partial charge in [-0.2, -0.15) is 0 Å². The van der Waals surface area contributed by atoms with Gasteiger partial charge in [0.1, 0.15) is 6.10 Å². The van der Waals surface area contributed by atoms with Crippen LogP contribution in [-0.4, -0.2) is 23.3 Å². The van der Waals surface area contributed by atoms with E-state index < -0.39 is 6.10 Å². The second-order valence-electron chi connectivity index (χ2n) is 11.3. The van der Waals surface area contributed by atoms with E-state index in [1.165, 1.54) is 28.7 Å². The molecule has 5 rings (SSSR count). The highest BCUT2D eigenvalue weighted by molar-refractivity contribution is 5.93. The Bertz CT molecular complexity index is 1250. The number of anilines is 1. The van der Waals surface area contributed by atoms with Gasteiger partial charge in [0.15, 0.2) is 0 Å². The fourth-order valence-electron chi connectivity index (χ4n) is 7.01. The summed E-state index contributed by atoms with van der Waals surface area (Å²) in [4.78, 5) is 13.7. The molecule has 2 aromatic rings. The minimum atomic E-state index is -0.682. The summed E-state index contributed by atoms with van der Waals surface area (Å²) in [6, 6.07) is 12.2. The number of rotatable bonds is 4. The summed E-state index contributed by atoms with van der Waals surface area (Å²) in [5.41, 5.74) is 16.2. The lowest BCUT2D eigenvalue weighted by Crippen LogP contribution is -2.38. The molecular formula is C32H40N2O3. The number of nitrogens with two attached hydrogens (primary N) is 1. The Balaban J connectivity index is 1.54. The molecule has 0 aromatic heterocycles. The van der Waals surface area contributed by atoms with Crippen LogP contribution < -0.4 is 11.1 Å². The molecule has 0 amide bonds. The van der Waals surface area contributed by atoms with E-state index in [4.69, 9.17) is 10.5 Å². The number of ether oxygens (including phenoxy) is 1. The van der Waals surface area contributed by atoms with Gasteiger partial charge in [-0.1, -0.05) is 36.2 Å². The second kappa shape index (κ2) is 10.4. The Morgan fingerprint density at radius 2 is 1.73 bits per heavy atom. The summed E-state index contributed by atoms with van der Waals surface area (Å²) >= 11 is 0. The van der Waals surface area contributed by atoms with Crippen LogP contribution in [0, 0.1) is 20.8 Å². The summed E-state index contributed by atoms with van der Waals surface area (Å²) in [6.45, 7) is 8.42. The van der Waals surface area contributed by atoms with Crippen LogP contribution in [0.1, 0.15) is 91.5 Å². The Kier molecular flexibility index (Phi) is 7.17. The minimum absolute atomic E-state index is 0.0356. The highest BCUT2D eigenvalue weighted by atomic mass is 16.5. The van der Waals surface area contributed by atoms with Crippen LogP contribution in [0.15, 0.2) is 58.9 Å². The molecule has 2 aliphatic carbocycles. The van der Waals surface area contributed by atoms with E-state index in [1.807, 2.05) is 31.2 Å². The van der Waals surface area contributed by atoms with Crippen molar-refractivity contribution in [1.82, 2.24) is 5.32 Å². The molecule has 5 heteroatoms. The summed E-state index contributed by atoms with van der Waals surface area (Å²) < 4.78 is 6.06. The molecule has 0 bridgehead atoms. The fraction of sp³-hybridized carbons (Fsp3) is 0.469. The van der Waals surface area contributed by atoms with Gasteiger partial charge < -0.3 is 20.9 Å². The van der Waals surface area contributed by atoms with Gasteiger partial charge in [-0.25, -0.2) is 4.79 Å². The molecule has 2 aromatic carbocycles. The summed E-state index contributed by atoms with van der Waals surface area (Å²) in [5.74, 6) is -0.464. The lowest BCUT2D eigenvalue weighted by molar-refractivity contribution is -0.146. The lowest BCUT2D eigenvalue weighted by atomic mass is 9.70. The Morgan fingerprint density at radius 3 is 2.41 bits per heavy atom. The molecular weight excluding hydrogens is 460 g/mol. The number of aliphatic hydroxyl groups is 1. The number of benzene rings is 2. The predicted octanol–water partition coefficient (Wildman–Crippen LogP) is 6.22. The number of nitrogens with one attached hydrogen (secondary N) is 1. The van der Waals surface area contributed by atoms with Gasteiger partial charge in [0.25, 0.3) is 0 Å². The standard InChI is InChI=1S/C32H40N2O3/c1-18-13-19(2)28(20(3)14-18)23-16-26-31(27(35)17-23)30(22-9-8-10-24(33)15-22)29(21(4)34-26)32(36)37-25-11-6-5-7-12-25/h8-10,13-15,23,25,27,30,34-35H,5-7,11-12,16-17,33H2,1-4H3. The third-order valence-electron chi connectivity index (χ3n) is 8.44. The third-order valence-corrected chi connectivity index (χ3v) is 8.44. The van der Waals surface area contributed by atoms with E-state index in [9.17, 15) is 9.90 Å². The van der Waals surface area contributed by atoms with Crippen LogP contribution in [0.5, 0.6) is 0 Å². The van der Waals surface area contributed by atoms with Crippen molar-refractivity contribution in [3.63, 3.8) is 0 Å². The van der Waals surface area contributed by atoms with E-state index in [2.05, 4.69) is 38.2 Å². The molecule has 0 saturated heterocycles. The highest BCUT2D eigenvalue weighted by Gasteiger charge is 2.42. The van der Waals surface area contributed by atoms with Gasteiger partial charge in [-0.15, -0.1) is 0 Å². The molecule has 0 spiro atoms. The molecule has 1 saturated carbocycles. The monoisotopic (exact) mass is 500 g/mol. The molecule has 4 N–H and O–H groups in total. The van der Waals surface area contributed by atoms with Crippen LogP contribution in [0.4, 0.5) is 5.69 Å². The number of dihydropyridines is 1. The van der Waals surface area contributed by atoms with Crippen LogP contribution in [0.2, 0.25) is 0 Å². The van der Waals surface area contributed by atoms with Crippen molar-refractivity contribution in [3.8, 4) is 0 Å². The maximum atomic E-state index is 13.7. The molecule has 3 atom stereocenters. The average molecular weight is 501 g/mol. The summed E-state index contributed by atoms with van der Waals surface area (Å²) in [5, 5.41) is 15.2.